The predicted molar refractivity (Wildman–Crippen MR) is 172 cm³/mol. The number of benzene rings is 3. The van der Waals surface area contributed by atoms with Crippen LogP contribution in [0.1, 0.15) is 49.9 Å². The molecule has 0 saturated carbocycles. The van der Waals surface area contributed by atoms with Crippen LogP contribution in [-0.2, 0) is 23.9 Å². The molecule has 0 bridgehead atoms. The molecule has 0 fully saturated rings. The summed E-state index contributed by atoms with van der Waals surface area (Å²) in [5.74, 6) is 2.63. The van der Waals surface area contributed by atoms with Crippen LogP contribution in [0.15, 0.2) is 60.7 Å². The fourth-order valence-corrected chi connectivity index (χ4v) is 4.81. The van der Waals surface area contributed by atoms with Crippen LogP contribution >= 0.6 is 0 Å². The van der Waals surface area contributed by atoms with Crippen molar-refractivity contribution in [1.29, 1.82) is 0 Å². The highest BCUT2D eigenvalue weighted by molar-refractivity contribution is 5.75. The van der Waals surface area contributed by atoms with Gasteiger partial charge in [0.25, 0.3) is 0 Å². The molecule has 0 unspecified atom stereocenters. The van der Waals surface area contributed by atoms with Gasteiger partial charge in [0, 0.05) is 13.1 Å². The normalized spacial score (nSPS) is 11.3. The summed E-state index contributed by atoms with van der Waals surface area (Å²) in [7, 11) is 6.39. The summed E-state index contributed by atoms with van der Waals surface area (Å²) in [5, 5.41) is 12.0. The maximum Gasteiger partial charge on any atom is 0.315 e. The Morgan fingerprint density at radius 3 is 1.32 bits per heavy atom. The smallest absolute Gasteiger partial charge is 0.315 e. The van der Waals surface area contributed by atoms with Crippen LogP contribution in [0.5, 0.6) is 23.0 Å². The molecule has 0 spiro atoms. The van der Waals surface area contributed by atoms with Gasteiger partial charge in [0.15, 0.2) is 23.0 Å². The highest BCUT2D eigenvalue weighted by Crippen LogP contribution is 2.29. The lowest BCUT2D eigenvalue weighted by atomic mass is 9.87. The molecule has 44 heavy (non-hydrogen) atoms. The minimum atomic E-state index is -0.665. The van der Waals surface area contributed by atoms with E-state index in [0.717, 1.165) is 22.3 Å². The molecule has 0 saturated heterocycles. The maximum absolute atomic E-state index is 12.8. The molecule has 0 aliphatic carbocycles. The van der Waals surface area contributed by atoms with Gasteiger partial charge < -0.3 is 40.2 Å². The number of urea groups is 2. The molecule has 0 aliphatic rings. The molecular formula is C34H46N4O6. The molecule has 0 heterocycles. The van der Waals surface area contributed by atoms with Crippen molar-refractivity contribution in [2.45, 2.75) is 51.6 Å². The molecule has 3 aromatic carbocycles. The van der Waals surface area contributed by atoms with Crippen molar-refractivity contribution in [3.63, 3.8) is 0 Å². The third kappa shape index (κ3) is 9.20. The zero-order valence-corrected chi connectivity index (χ0v) is 27.1. The van der Waals surface area contributed by atoms with E-state index >= 15 is 0 Å². The van der Waals surface area contributed by atoms with Gasteiger partial charge in [-0.3, -0.25) is 0 Å². The number of methoxy groups -OCH3 is 4. The Morgan fingerprint density at radius 1 is 0.568 bits per heavy atom. The van der Waals surface area contributed by atoms with E-state index < -0.39 is 11.1 Å². The maximum atomic E-state index is 12.8. The monoisotopic (exact) mass is 606 g/mol. The second-order valence-electron chi connectivity index (χ2n) is 11.5. The Labute approximate surface area is 260 Å². The zero-order chi connectivity index (χ0) is 32.3. The van der Waals surface area contributed by atoms with E-state index in [1.165, 1.54) is 0 Å². The van der Waals surface area contributed by atoms with E-state index in [9.17, 15) is 9.59 Å². The average molecular weight is 607 g/mol. The Morgan fingerprint density at radius 2 is 0.955 bits per heavy atom. The van der Waals surface area contributed by atoms with Gasteiger partial charge in [-0.25, -0.2) is 9.59 Å². The van der Waals surface area contributed by atoms with Crippen molar-refractivity contribution in [3.8, 4) is 23.0 Å². The Hall–Kier alpha value is -4.60. The largest absolute Gasteiger partial charge is 0.493 e. The highest BCUT2D eigenvalue weighted by Gasteiger charge is 2.27. The first-order valence-electron chi connectivity index (χ1n) is 14.6. The second kappa shape index (κ2) is 15.2. The van der Waals surface area contributed by atoms with Crippen molar-refractivity contribution >= 4 is 12.1 Å². The zero-order valence-electron chi connectivity index (χ0n) is 27.1. The number of rotatable bonds is 14. The molecule has 0 radical (unpaired) electrons. The van der Waals surface area contributed by atoms with E-state index in [4.69, 9.17) is 18.9 Å². The molecule has 0 atom stereocenters. The number of hydrogen-bond donors (Lipinski definition) is 4. The molecule has 0 aromatic heterocycles. The summed E-state index contributed by atoms with van der Waals surface area (Å²) in [6.45, 7) is 8.69. The van der Waals surface area contributed by atoms with Crippen LogP contribution in [0, 0.1) is 0 Å². The molecule has 10 heteroatoms. The van der Waals surface area contributed by atoms with Crippen LogP contribution in [0.4, 0.5) is 9.59 Å². The number of ether oxygens (including phenoxy) is 4. The van der Waals surface area contributed by atoms with Crippen molar-refractivity contribution in [1.82, 2.24) is 21.3 Å². The molecular weight excluding hydrogens is 560 g/mol. The van der Waals surface area contributed by atoms with Crippen LogP contribution in [0.2, 0.25) is 0 Å². The number of carbonyl (C=O) groups is 2. The number of hydrogen-bond acceptors (Lipinski definition) is 6. The lowest BCUT2D eigenvalue weighted by Gasteiger charge is -2.31. The third-order valence-electron chi connectivity index (χ3n) is 7.45. The first-order chi connectivity index (χ1) is 20.9. The fourth-order valence-electron chi connectivity index (χ4n) is 4.81. The first kappa shape index (κ1) is 33.9. The quantitative estimate of drug-likeness (QED) is 0.198. The third-order valence-corrected chi connectivity index (χ3v) is 7.45. The number of carbonyl (C=O) groups excluding carboxylic acids is 2. The van der Waals surface area contributed by atoms with Crippen molar-refractivity contribution < 1.29 is 28.5 Å². The summed E-state index contributed by atoms with van der Waals surface area (Å²) in [5.41, 5.74) is 2.54. The van der Waals surface area contributed by atoms with Gasteiger partial charge in [0.05, 0.1) is 39.5 Å². The van der Waals surface area contributed by atoms with E-state index in [-0.39, 0.29) is 12.1 Å². The minimum absolute atomic E-state index is 0.271. The van der Waals surface area contributed by atoms with Crippen molar-refractivity contribution in [2.75, 3.05) is 41.5 Å². The summed E-state index contributed by atoms with van der Waals surface area (Å²) in [6, 6.07) is 18.7. The molecule has 3 rings (SSSR count). The second-order valence-corrected chi connectivity index (χ2v) is 11.5. The first-order valence-corrected chi connectivity index (χ1v) is 14.6. The molecule has 0 aliphatic heterocycles. The topological polar surface area (TPSA) is 119 Å². The molecule has 10 nitrogen and oxygen atoms in total. The highest BCUT2D eigenvalue weighted by atomic mass is 16.5. The standard InChI is InChI=1S/C34H46N4O6/c1-33(2,37-31(39)35-18-16-23-12-14-27(41-5)29(20-23)43-7)25-10-9-11-26(22-25)34(3,4)38-32(40)36-19-17-24-13-15-28(42-6)30(21-24)44-8/h9-15,20-22H,16-19H2,1-8H3,(H2,35,37,39)(H2,36,38,40). The molecule has 4 N–H and O–H groups in total. The van der Waals surface area contributed by atoms with Gasteiger partial charge in [0.2, 0.25) is 0 Å². The Bertz CT molecular complexity index is 1320. The van der Waals surface area contributed by atoms with Gasteiger partial charge in [0.1, 0.15) is 0 Å². The van der Waals surface area contributed by atoms with Crippen LogP contribution in [-0.4, -0.2) is 53.6 Å². The van der Waals surface area contributed by atoms with Gasteiger partial charge in [-0.2, -0.15) is 0 Å². The van der Waals surface area contributed by atoms with Gasteiger partial charge in [-0.1, -0.05) is 36.4 Å². The van der Waals surface area contributed by atoms with Gasteiger partial charge in [-0.15, -0.1) is 0 Å². The van der Waals surface area contributed by atoms with E-state index in [2.05, 4.69) is 21.3 Å². The van der Waals surface area contributed by atoms with Crippen molar-refractivity contribution in [3.05, 3.63) is 82.9 Å². The van der Waals surface area contributed by atoms with Crippen LogP contribution < -0.4 is 40.2 Å². The summed E-state index contributed by atoms with van der Waals surface area (Å²) >= 11 is 0. The lowest BCUT2D eigenvalue weighted by molar-refractivity contribution is 0.230. The summed E-state index contributed by atoms with van der Waals surface area (Å²) < 4.78 is 21.3. The number of amides is 4. The van der Waals surface area contributed by atoms with E-state index in [0.29, 0.717) is 48.9 Å². The molecule has 3 aromatic rings. The predicted octanol–water partition coefficient (Wildman–Crippen LogP) is 5.28. The van der Waals surface area contributed by atoms with E-state index in [1.807, 2.05) is 88.4 Å². The molecule has 4 amide bonds. The lowest BCUT2D eigenvalue weighted by Crippen LogP contribution is -2.48. The SMILES string of the molecule is COc1ccc(CCNC(=O)NC(C)(C)c2cccc(C(C)(C)NC(=O)NCCc3ccc(OC)c(OC)c3)c2)cc1OC. The van der Waals surface area contributed by atoms with E-state index in [1.54, 1.807) is 28.4 Å². The Kier molecular flexibility index (Phi) is 11.7. The minimum Gasteiger partial charge on any atom is -0.493 e. The number of nitrogens with one attached hydrogen (secondary N) is 4. The van der Waals surface area contributed by atoms with Gasteiger partial charge >= 0.3 is 12.1 Å². The fraction of sp³-hybridized carbons (Fsp3) is 0.412. The van der Waals surface area contributed by atoms with Crippen LogP contribution in [0.25, 0.3) is 0 Å². The van der Waals surface area contributed by atoms with Crippen molar-refractivity contribution in [2.24, 2.45) is 0 Å². The average Bonchev–Trinajstić information content (AvgIpc) is 3.00. The Balaban J connectivity index is 1.53. The van der Waals surface area contributed by atoms with Gasteiger partial charge in [-0.05, 0) is 87.1 Å². The summed E-state index contributed by atoms with van der Waals surface area (Å²) in [4.78, 5) is 25.6. The molecule has 238 valence electrons. The van der Waals surface area contributed by atoms with Crippen LogP contribution in [0.3, 0.4) is 0 Å². The summed E-state index contributed by atoms with van der Waals surface area (Å²) in [6.07, 6.45) is 1.28.